The lowest BCUT2D eigenvalue weighted by atomic mass is 10.0. The minimum atomic E-state index is -3.70. The molecule has 0 aromatic heterocycles. The molecule has 0 spiro atoms. The number of fused-ring (bicyclic) bond motifs is 1. The second-order valence-electron chi connectivity index (χ2n) is 8.27. The fraction of sp³-hybridized carbons (Fsp3) is 0.476. The predicted octanol–water partition coefficient (Wildman–Crippen LogP) is 4.02. The molecule has 0 saturated heterocycles. The highest BCUT2D eigenvalue weighted by molar-refractivity contribution is 7.88. The number of carbonyl (C=O) groups excluding carboxylic acids is 1. The number of benzene rings is 2. The van der Waals surface area contributed by atoms with E-state index in [1.807, 2.05) is 50.2 Å². The Morgan fingerprint density at radius 1 is 1.07 bits per heavy atom. The Morgan fingerprint density at radius 3 is 2.30 bits per heavy atom. The summed E-state index contributed by atoms with van der Waals surface area (Å²) in [4.78, 5) is 12.5. The monoisotopic (exact) mass is 391 g/mol. The molecule has 0 aliphatic carbocycles. The molecule has 27 heavy (non-hydrogen) atoms. The first-order valence-electron chi connectivity index (χ1n) is 9.16. The summed E-state index contributed by atoms with van der Waals surface area (Å²) in [5, 5.41) is 2.04. The molecule has 0 aliphatic heterocycles. The van der Waals surface area contributed by atoms with E-state index >= 15 is 0 Å². The van der Waals surface area contributed by atoms with E-state index in [4.69, 9.17) is 4.74 Å². The minimum absolute atomic E-state index is 0.144. The summed E-state index contributed by atoms with van der Waals surface area (Å²) >= 11 is 0. The lowest BCUT2D eigenvalue weighted by Gasteiger charge is -2.25. The molecule has 0 amide bonds. The molecular weight excluding hydrogens is 362 g/mol. The maximum atomic E-state index is 12.7. The quantitative estimate of drug-likeness (QED) is 0.724. The van der Waals surface area contributed by atoms with Gasteiger partial charge in [0.1, 0.15) is 11.6 Å². The fourth-order valence-corrected chi connectivity index (χ4v) is 4.17. The van der Waals surface area contributed by atoms with Crippen molar-refractivity contribution in [2.45, 2.75) is 58.4 Å². The molecule has 6 heteroatoms. The van der Waals surface area contributed by atoms with Crippen LogP contribution in [-0.2, 0) is 25.3 Å². The number of hydrogen-bond donors (Lipinski definition) is 1. The predicted molar refractivity (Wildman–Crippen MR) is 109 cm³/mol. The number of hydrogen-bond acceptors (Lipinski definition) is 4. The van der Waals surface area contributed by atoms with Crippen LogP contribution >= 0.6 is 0 Å². The highest BCUT2D eigenvalue weighted by Gasteiger charge is 2.29. The zero-order chi connectivity index (χ0) is 20.2. The molecular formula is C21H29NO4S. The molecule has 0 bridgehead atoms. The van der Waals surface area contributed by atoms with Crippen LogP contribution in [0.15, 0.2) is 42.5 Å². The minimum Gasteiger partial charge on any atom is -0.459 e. The Balaban J connectivity index is 2.17. The highest BCUT2D eigenvalue weighted by atomic mass is 32.2. The van der Waals surface area contributed by atoms with Crippen LogP contribution in [0.5, 0.6) is 0 Å². The number of sulfonamides is 1. The standard InChI is InChI=1S/C21H29NO4S/c1-15(2)12-19(20(23)26-21(3,4)5)22-27(24,25)14-16-10-11-17-8-6-7-9-18(17)13-16/h6-11,13,15,19,22H,12,14H2,1-5H3. The van der Waals surface area contributed by atoms with Gasteiger partial charge >= 0.3 is 5.97 Å². The van der Waals surface area contributed by atoms with Gasteiger partial charge in [0.05, 0.1) is 5.75 Å². The first kappa shape index (κ1) is 21.4. The Kier molecular flexibility index (Phi) is 6.65. The molecule has 1 atom stereocenters. The average Bonchev–Trinajstić information content (AvgIpc) is 2.51. The van der Waals surface area contributed by atoms with Gasteiger partial charge < -0.3 is 4.74 Å². The molecule has 5 nitrogen and oxygen atoms in total. The van der Waals surface area contributed by atoms with E-state index in [2.05, 4.69) is 4.72 Å². The molecule has 2 aromatic carbocycles. The second kappa shape index (κ2) is 8.40. The number of carbonyl (C=O) groups is 1. The molecule has 2 aromatic rings. The van der Waals surface area contributed by atoms with Crippen molar-refractivity contribution in [3.8, 4) is 0 Å². The molecule has 1 N–H and O–H groups in total. The van der Waals surface area contributed by atoms with Crippen molar-refractivity contribution in [3.63, 3.8) is 0 Å². The third-order valence-corrected chi connectivity index (χ3v) is 5.25. The summed E-state index contributed by atoms with van der Waals surface area (Å²) in [6.45, 7) is 9.17. The highest BCUT2D eigenvalue weighted by Crippen LogP contribution is 2.18. The largest absolute Gasteiger partial charge is 0.459 e. The van der Waals surface area contributed by atoms with Gasteiger partial charge in [-0.05, 0) is 49.4 Å². The van der Waals surface area contributed by atoms with Crippen molar-refractivity contribution in [1.82, 2.24) is 4.72 Å². The first-order valence-corrected chi connectivity index (χ1v) is 10.8. The van der Waals surface area contributed by atoms with Gasteiger partial charge in [0.2, 0.25) is 10.0 Å². The molecule has 0 fully saturated rings. The maximum Gasteiger partial charge on any atom is 0.324 e. The fourth-order valence-electron chi connectivity index (χ4n) is 2.84. The van der Waals surface area contributed by atoms with Gasteiger partial charge in [-0.15, -0.1) is 0 Å². The summed E-state index contributed by atoms with van der Waals surface area (Å²) in [5.41, 5.74) is 0.00417. The van der Waals surface area contributed by atoms with Crippen molar-refractivity contribution in [1.29, 1.82) is 0 Å². The summed E-state index contributed by atoms with van der Waals surface area (Å²) < 4.78 is 33.3. The summed E-state index contributed by atoms with van der Waals surface area (Å²) in [5.74, 6) is -0.584. The molecule has 0 radical (unpaired) electrons. The summed E-state index contributed by atoms with van der Waals surface area (Å²) in [6, 6.07) is 12.5. The van der Waals surface area contributed by atoms with Crippen LogP contribution in [-0.4, -0.2) is 26.0 Å². The van der Waals surface area contributed by atoms with Crippen LogP contribution in [0.1, 0.15) is 46.6 Å². The Bertz CT molecular complexity index is 898. The van der Waals surface area contributed by atoms with E-state index in [1.165, 1.54) is 0 Å². The van der Waals surface area contributed by atoms with Crippen LogP contribution in [0.2, 0.25) is 0 Å². The molecule has 1 unspecified atom stereocenters. The summed E-state index contributed by atoms with van der Waals surface area (Å²) in [6.07, 6.45) is 0.381. The number of rotatable bonds is 7. The van der Waals surface area contributed by atoms with Crippen LogP contribution in [0, 0.1) is 5.92 Å². The van der Waals surface area contributed by atoms with Crippen LogP contribution in [0.25, 0.3) is 10.8 Å². The Hall–Kier alpha value is -1.92. The van der Waals surface area contributed by atoms with Crippen molar-refractivity contribution < 1.29 is 17.9 Å². The third kappa shape index (κ3) is 6.96. The van der Waals surface area contributed by atoms with Gasteiger partial charge in [-0.2, -0.15) is 0 Å². The Morgan fingerprint density at radius 2 is 1.70 bits per heavy atom. The van der Waals surface area contributed by atoms with Crippen molar-refractivity contribution in [3.05, 3.63) is 48.0 Å². The van der Waals surface area contributed by atoms with Crippen LogP contribution in [0.4, 0.5) is 0 Å². The van der Waals surface area contributed by atoms with Gasteiger partial charge in [-0.3, -0.25) is 4.79 Å². The molecule has 0 heterocycles. The van der Waals surface area contributed by atoms with Gasteiger partial charge in [-0.1, -0.05) is 56.3 Å². The zero-order valence-corrected chi connectivity index (χ0v) is 17.5. The zero-order valence-electron chi connectivity index (χ0n) is 16.7. The second-order valence-corrected chi connectivity index (χ2v) is 10.0. The van der Waals surface area contributed by atoms with E-state index in [0.29, 0.717) is 12.0 Å². The van der Waals surface area contributed by atoms with E-state index in [1.54, 1.807) is 26.8 Å². The van der Waals surface area contributed by atoms with Gasteiger partial charge in [0, 0.05) is 0 Å². The first-order chi connectivity index (χ1) is 12.5. The molecule has 0 saturated carbocycles. The van der Waals surface area contributed by atoms with Crippen molar-refractivity contribution in [2.75, 3.05) is 0 Å². The average molecular weight is 392 g/mol. The van der Waals surface area contributed by atoms with Gasteiger partial charge in [0.15, 0.2) is 0 Å². The smallest absolute Gasteiger partial charge is 0.324 e. The normalized spacial score (nSPS) is 13.7. The number of esters is 1. The Labute approximate surface area is 162 Å². The van der Waals surface area contributed by atoms with Crippen LogP contribution in [0.3, 0.4) is 0 Å². The van der Waals surface area contributed by atoms with E-state index in [9.17, 15) is 13.2 Å². The number of ether oxygens (including phenoxy) is 1. The van der Waals surface area contributed by atoms with Crippen molar-refractivity contribution in [2.24, 2.45) is 5.92 Å². The number of nitrogens with one attached hydrogen (secondary N) is 1. The summed E-state index contributed by atoms with van der Waals surface area (Å²) in [7, 11) is -3.70. The topological polar surface area (TPSA) is 72.5 Å². The lowest BCUT2D eigenvalue weighted by Crippen LogP contribution is -2.45. The van der Waals surface area contributed by atoms with E-state index in [0.717, 1.165) is 10.8 Å². The van der Waals surface area contributed by atoms with Crippen LogP contribution < -0.4 is 4.72 Å². The molecule has 0 aliphatic rings. The van der Waals surface area contributed by atoms with E-state index < -0.39 is 27.6 Å². The lowest BCUT2D eigenvalue weighted by molar-refractivity contribution is -0.157. The van der Waals surface area contributed by atoms with Crippen molar-refractivity contribution >= 4 is 26.8 Å². The van der Waals surface area contributed by atoms with E-state index in [-0.39, 0.29) is 11.7 Å². The van der Waals surface area contributed by atoms with Gasteiger partial charge in [-0.25, -0.2) is 13.1 Å². The molecule has 2 rings (SSSR count). The SMILES string of the molecule is CC(C)CC(NS(=O)(=O)Cc1ccc2ccccc2c1)C(=O)OC(C)(C)C. The van der Waals surface area contributed by atoms with Gasteiger partial charge in [0.25, 0.3) is 0 Å². The molecule has 148 valence electrons. The third-order valence-electron chi connectivity index (χ3n) is 3.89. The maximum absolute atomic E-state index is 12.7.